The predicted molar refractivity (Wildman–Crippen MR) is 94.1 cm³/mol. The van der Waals surface area contributed by atoms with Crippen LogP contribution in [0.15, 0.2) is 30.5 Å². The van der Waals surface area contributed by atoms with Crippen molar-refractivity contribution >= 4 is 0 Å². The fraction of sp³-hybridized carbons (Fsp3) is 0.500. The van der Waals surface area contributed by atoms with E-state index < -0.39 is 0 Å². The van der Waals surface area contributed by atoms with Crippen LogP contribution in [0.1, 0.15) is 12.5 Å². The molecule has 3 rings (SSSR count). The molecule has 0 bridgehead atoms. The van der Waals surface area contributed by atoms with E-state index in [4.69, 9.17) is 9.47 Å². The Kier molecular flexibility index (Phi) is 5.85. The number of aromatic nitrogens is 2. The van der Waals surface area contributed by atoms with Gasteiger partial charge in [-0.25, -0.2) is 0 Å². The van der Waals surface area contributed by atoms with Crippen LogP contribution in [0.4, 0.5) is 0 Å². The Morgan fingerprint density at radius 1 is 1.38 bits per heavy atom. The maximum Gasteiger partial charge on any atom is 0.118 e. The number of rotatable bonds is 7. The van der Waals surface area contributed by atoms with Gasteiger partial charge < -0.3 is 14.8 Å². The van der Waals surface area contributed by atoms with Crippen molar-refractivity contribution in [3.05, 3.63) is 36.0 Å². The summed E-state index contributed by atoms with van der Waals surface area (Å²) in [5.41, 5.74) is 3.31. The van der Waals surface area contributed by atoms with Crippen LogP contribution in [-0.2, 0) is 11.3 Å². The third-order valence-corrected chi connectivity index (χ3v) is 4.45. The molecule has 2 N–H and O–H groups in total. The number of likely N-dealkylation sites (N-methyl/N-ethyl adjacent to an activating group) is 1. The van der Waals surface area contributed by atoms with Gasteiger partial charge in [0.2, 0.25) is 0 Å². The number of H-pyrrole nitrogens is 1. The van der Waals surface area contributed by atoms with E-state index >= 15 is 0 Å². The van der Waals surface area contributed by atoms with Crippen molar-refractivity contribution in [2.45, 2.75) is 19.6 Å². The van der Waals surface area contributed by atoms with Gasteiger partial charge in [0.25, 0.3) is 0 Å². The molecule has 6 nitrogen and oxygen atoms in total. The molecule has 1 aliphatic rings. The highest BCUT2D eigenvalue weighted by atomic mass is 16.5. The summed E-state index contributed by atoms with van der Waals surface area (Å²) in [4.78, 5) is 2.43. The Bertz CT molecular complexity index is 626. The monoisotopic (exact) mass is 330 g/mol. The summed E-state index contributed by atoms with van der Waals surface area (Å²) in [6.07, 6.45) is 2.14. The SMILES string of the molecule is CCN1CCO[C@H](CNCc2cn[nH]c2-c2ccc(OC)cc2)C1. The van der Waals surface area contributed by atoms with E-state index in [0.717, 1.165) is 61.9 Å². The second kappa shape index (κ2) is 8.28. The minimum atomic E-state index is 0.259. The van der Waals surface area contributed by atoms with Crippen LogP contribution in [0.25, 0.3) is 11.3 Å². The maximum absolute atomic E-state index is 5.83. The summed E-state index contributed by atoms with van der Waals surface area (Å²) in [6, 6.07) is 8.00. The Morgan fingerprint density at radius 2 is 2.21 bits per heavy atom. The van der Waals surface area contributed by atoms with Gasteiger partial charge in [-0.2, -0.15) is 5.10 Å². The number of hydrogen-bond acceptors (Lipinski definition) is 5. The van der Waals surface area contributed by atoms with Crippen LogP contribution in [0.3, 0.4) is 0 Å². The van der Waals surface area contributed by atoms with Crippen LogP contribution >= 0.6 is 0 Å². The van der Waals surface area contributed by atoms with E-state index in [-0.39, 0.29) is 6.10 Å². The molecule has 0 spiro atoms. The molecule has 0 saturated carbocycles. The largest absolute Gasteiger partial charge is 0.497 e. The molecule has 1 aromatic heterocycles. The van der Waals surface area contributed by atoms with Gasteiger partial charge in [-0.3, -0.25) is 10.00 Å². The molecule has 1 aromatic carbocycles. The van der Waals surface area contributed by atoms with E-state index in [1.807, 2.05) is 30.5 Å². The summed E-state index contributed by atoms with van der Waals surface area (Å²) in [6.45, 7) is 7.76. The molecule has 2 heterocycles. The smallest absolute Gasteiger partial charge is 0.118 e. The molecule has 6 heteroatoms. The summed E-state index contributed by atoms with van der Waals surface area (Å²) in [5.74, 6) is 0.855. The number of methoxy groups -OCH3 is 1. The highest BCUT2D eigenvalue weighted by molar-refractivity contribution is 5.63. The average Bonchev–Trinajstić information content (AvgIpc) is 3.10. The first-order chi connectivity index (χ1) is 11.8. The number of ether oxygens (including phenoxy) is 2. The minimum absolute atomic E-state index is 0.259. The van der Waals surface area contributed by atoms with E-state index in [2.05, 4.69) is 27.3 Å². The maximum atomic E-state index is 5.83. The lowest BCUT2D eigenvalue weighted by molar-refractivity contribution is -0.0253. The van der Waals surface area contributed by atoms with Crippen molar-refractivity contribution in [2.24, 2.45) is 0 Å². The van der Waals surface area contributed by atoms with Crippen molar-refractivity contribution in [2.75, 3.05) is 39.9 Å². The zero-order valence-corrected chi connectivity index (χ0v) is 14.4. The predicted octanol–water partition coefficient (Wildman–Crippen LogP) is 1.90. The molecule has 1 aliphatic heterocycles. The van der Waals surface area contributed by atoms with Crippen LogP contribution in [0, 0.1) is 0 Å². The number of benzene rings is 1. The van der Waals surface area contributed by atoms with Crippen LogP contribution in [0.5, 0.6) is 5.75 Å². The number of nitrogens with one attached hydrogen (secondary N) is 2. The molecule has 1 fully saturated rings. The first kappa shape index (κ1) is 17.0. The van der Waals surface area contributed by atoms with Gasteiger partial charge in [-0.1, -0.05) is 6.92 Å². The summed E-state index contributed by atoms with van der Waals surface area (Å²) in [7, 11) is 1.67. The lowest BCUT2D eigenvalue weighted by atomic mass is 10.1. The minimum Gasteiger partial charge on any atom is -0.497 e. The molecule has 2 aromatic rings. The molecule has 1 saturated heterocycles. The van der Waals surface area contributed by atoms with Gasteiger partial charge in [-0.15, -0.1) is 0 Å². The third-order valence-electron chi connectivity index (χ3n) is 4.45. The Hall–Kier alpha value is -1.89. The molecular formula is C18H26N4O2. The molecule has 0 radical (unpaired) electrons. The third kappa shape index (κ3) is 4.14. The summed E-state index contributed by atoms with van der Waals surface area (Å²) in [5, 5.41) is 10.8. The Labute approximate surface area is 143 Å². The quantitative estimate of drug-likeness (QED) is 0.812. The van der Waals surface area contributed by atoms with Gasteiger partial charge in [0.1, 0.15) is 5.75 Å². The molecule has 1 atom stereocenters. The molecular weight excluding hydrogens is 304 g/mol. The average molecular weight is 330 g/mol. The topological polar surface area (TPSA) is 62.4 Å². The number of morpholine rings is 1. The van der Waals surface area contributed by atoms with Gasteiger partial charge in [0.15, 0.2) is 0 Å². The van der Waals surface area contributed by atoms with Crippen molar-refractivity contribution < 1.29 is 9.47 Å². The number of hydrogen-bond donors (Lipinski definition) is 2. The molecule has 0 aliphatic carbocycles. The summed E-state index contributed by atoms with van der Waals surface area (Å²) < 4.78 is 11.0. The van der Waals surface area contributed by atoms with Gasteiger partial charge in [-0.05, 0) is 30.8 Å². The second-order valence-corrected chi connectivity index (χ2v) is 6.02. The van der Waals surface area contributed by atoms with Crippen LogP contribution in [0.2, 0.25) is 0 Å². The normalized spacial score (nSPS) is 18.7. The standard InChI is InChI=1S/C18H26N4O2/c1-3-22-8-9-24-17(13-22)12-19-10-15-11-20-21-18(15)14-4-6-16(23-2)7-5-14/h4-7,11,17,19H,3,8-10,12-13H2,1-2H3,(H,20,21)/t17-/m1/s1. The molecule has 24 heavy (non-hydrogen) atoms. The van der Waals surface area contributed by atoms with Gasteiger partial charge in [0.05, 0.1) is 31.7 Å². The fourth-order valence-electron chi connectivity index (χ4n) is 3.01. The highest BCUT2D eigenvalue weighted by Gasteiger charge is 2.19. The van der Waals surface area contributed by atoms with E-state index in [1.54, 1.807) is 7.11 Å². The van der Waals surface area contributed by atoms with Crippen molar-refractivity contribution in [3.63, 3.8) is 0 Å². The first-order valence-corrected chi connectivity index (χ1v) is 8.51. The van der Waals surface area contributed by atoms with Crippen molar-refractivity contribution in [1.82, 2.24) is 20.4 Å². The lowest BCUT2D eigenvalue weighted by Gasteiger charge is -2.32. The Balaban J connectivity index is 1.55. The van der Waals surface area contributed by atoms with Crippen molar-refractivity contribution in [3.8, 4) is 17.0 Å². The van der Waals surface area contributed by atoms with Crippen LogP contribution in [-0.4, -0.2) is 61.1 Å². The second-order valence-electron chi connectivity index (χ2n) is 6.02. The van der Waals surface area contributed by atoms with E-state index in [0.29, 0.717) is 0 Å². The lowest BCUT2D eigenvalue weighted by Crippen LogP contribution is -2.46. The molecule has 130 valence electrons. The number of nitrogens with zero attached hydrogens (tertiary/aromatic N) is 2. The highest BCUT2D eigenvalue weighted by Crippen LogP contribution is 2.23. The van der Waals surface area contributed by atoms with Crippen LogP contribution < -0.4 is 10.1 Å². The van der Waals surface area contributed by atoms with Crippen molar-refractivity contribution in [1.29, 1.82) is 0 Å². The van der Waals surface area contributed by atoms with Gasteiger partial charge in [0, 0.05) is 37.3 Å². The first-order valence-electron chi connectivity index (χ1n) is 8.51. The molecule has 0 amide bonds. The zero-order valence-electron chi connectivity index (χ0n) is 14.4. The molecule has 0 unspecified atom stereocenters. The Morgan fingerprint density at radius 3 is 2.96 bits per heavy atom. The van der Waals surface area contributed by atoms with E-state index in [1.165, 1.54) is 0 Å². The van der Waals surface area contributed by atoms with E-state index in [9.17, 15) is 0 Å². The van der Waals surface area contributed by atoms with Gasteiger partial charge >= 0.3 is 0 Å². The number of aromatic amines is 1. The fourth-order valence-corrected chi connectivity index (χ4v) is 3.01. The zero-order chi connectivity index (χ0) is 16.8. The summed E-state index contributed by atoms with van der Waals surface area (Å²) >= 11 is 0.